The van der Waals surface area contributed by atoms with Crippen LogP contribution in [-0.2, 0) is 9.59 Å². The lowest BCUT2D eigenvalue weighted by Gasteiger charge is -2.32. The third kappa shape index (κ3) is 3.36. The van der Waals surface area contributed by atoms with Crippen LogP contribution in [0.2, 0.25) is 0 Å². The maximum Gasteiger partial charge on any atom is 0.268 e. The Balaban J connectivity index is 1.84. The van der Waals surface area contributed by atoms with Gasteiger partial charge in [0, 0.05) is 5.69 Å². The minimum atomic E-state index is -0.608. The topological polar surface area (TPSA) is 58.6 Å². The molecule has 5 heteroatoms. The van der Waals surface area contributed by atoms with Gasteiger partial charge in [0.25, 0.3) is 5.91 Å². The highest BCUT2D eigenvalue weighted by molar-refractivity contribution is 6.06. The highest BCUT2D eigenvalue weighted by atomic mass is 16.5. The van der Waals surface area contributed by atoms with E-state index >= 15 is 0 Å². The summed E-state index contributed by atoms with van der Waals surface area (Å²) in [7, 11) is 0. The Morgan fingerprint density at radius 2 is 1.96 bits per heavy atom. The molecule has 0 bridgehead atoms. The van der Waals surface area contributed by atoms with E-state index in [-0.39, 0.29) is 18.4 Å². The minimum Gasteiger partial charge on any atom is -0.479 e. The molecule has 2 aromatic rings. The zero-order chi connectivity index (χ0) is 18.1. The highest BCUT2D eigenvalue weighted by Crippen LogP contribution is 2.34. The molecule has 1 N–H and O–H groups in total. The molecule has 2 amide bonds. The zero-order valence-electron chi connectivity index (χ0n) is 14.9. The molecular weight excluding hydrogens is 316 g/mol. The van der Waals surface area contributed by atoms with Gasteiger partial charge in [0.1, 0.15) is 12.3 Å². The Morgan fingerprint density at radius 1 is 1.20 bits per heavy atom. The Morgan fingerprint density at radius 3 is 2.72 bits per heavy atom. The van der Waals surface area contributed by atoms with Gasteiger partial charge in [-0.2, -0.15) is 0 Å². The molecule has 0 spiro atoms. The maximum atomic E-state index is 12.5. The van der Waals surface area contributed by atoms with Crippen LogP contribution in [0, 0.1) is 20.8 Å². The lowest BCUT2D eigenvalue weighted by Crippen LogP contribution is -2.47. The van der Waals surface area contributed by atoms with Crippen LogP contribution in [0.25, 0.3) is 0 Å². The summed E-state index contributed by atoms with van der Waals surface area (Å²) in [6.07, 6.45) is -0.608. The molecule has 0 saturated heterocycles. The van der Waals surface area contributed by atoms with Gasteiger partial charge < -0.3 is 10.1 Å². The predicted octanol–water partition coefficient (Wildman–Crippen LogP) is 3.36. The highest BCUT2D eigenvalue weighted by Gasteiger charge is 2.32. The zero-order valence-corrected chi connectivity index (χ0v) is 14.9. The Bertz CT molecular complexity index is 845. The molecule has 5 nitrogen and oxygen atoms in total. The largest absolute Gasteiger partial charge is 0.479 e. The molecule has 0 fully saturated rings. The van der Waals surface area contributed by atoms with Crippen molar-refractivity contribution in [2.24, 2.45) is 0 Å². The van der Waals surface area contributed by atoms with Crippen LogP contribution >= 0.6 is 0 Å². The quantitative estimate of drug-likeness (QED) is 0.933. The third-order valence-corrected chi connectivity index (χ3v) is 4.50. The number of aryl methyl sites for hydroxylation is 2. The molecule has 2 aromatic carbocycles. The standard InChI is InChI=1S/C20H22N2O3/c1-12-8-9-18-17(10-12)22(20(24)15(4)25-18)11-19(23)21-16-7-5-6-13(2)14(16)3/h5-10,15H,11H2,1-4H3,(H,21,23). The van der Waals surface area contributed by atoms with Crippen molar-refractivity contribution in [2.75, 3.05) is 16.8 Å². The normalized spacial score (nSPS) is 16.2. The van der Waals surface area contributed by atoms with Crippen LogP contribution in [0.5, 0.6) is 5.75 Å². The summed E-state index contributed by atoms with van der Waals surface area (Å²) < 4.78 is 5.64. The summed E-state index contributed by atoms with van der Waals surface area (Å²) >= 11 is 0. The summed E-state index contributed by atoms with van der Waals surface area (Å²) in [6, 6.07) is 11.4. The van der Waals surface area contributed by atoms with Gasteiger partial charge in [-0.3, -0.25) is 14.5 Å². The van der Waals surface area contributed by atoms with Crippen molar-refractivity contribution >= 4 is 23.2 Å². The average Bonchev–Trinajstić information content (AvgIpc) is 2.57. The number of nitrogens with one attached hydrogen (secondary N) is 1. The number of carbonyl (C=O) groups excluding carboxylic acids is 2. The van der Waals surface area contributed by atoms with Crippen LogP contribution in [0.15, 0.2) is 36.4 Å². The smallest absolute Gasteiger partial charge is 0.268 e. The second-order valence-electron chi connectivity index (χ2n) is 6.45. The van der Waals surface area contributed by atoms with Gasteiger partial charge in [-0.25, -0.2) is 0 Å². The number of hydrogen-bond donors (Lipinski definition) is 1. The molecular formula is C20H22N2O3. The molecule has 1 unspecified atom stereocenters. The van der Waals surface area contributed by atoms with E-state index in [4.69, 9.17) is 4.74 Å². The van der Waals surface area contributed by atoms with Crippen molar-refractivity contribution in [1.82, 2.24) is 0 Å². The Labute approximate surface area is 147 Å². The average molecular weight is 338 g/mol. The van der Waals surface area contributed by atoms with Crippen LogP contribution < -0.4 is 15.0 Å². The number of ether oxygens (including phenoxy) is 1. The van der Waals surface area contributed by atoms with Gasteiger partial charge in [-0.1, -0.05) is 18.2 Å². The summed E-state index contributed by atoms with van der Waals surface area (Å²) in [5.41, 5.74) is 4.54. The molecule has 130 valence electrons. The summed E-state index contributed by atoms with van der Waals surface area (Å²) in [5.74, 6) is 0.176. The maximum absolute atomic E-state index is 12.5. The first-order valence-corrected chi connectivity index (χ1v) is 8.31. The lowest BCUT2D eigenvalue weighted by molar-refractivity contribution is -0.127. The molecule has 1 heterocycles. The number of anilines is 2. The van der Waals surface area contributed by atoms with E-state index in [2.05, 4.69) is 5.32 Å². The number of rotatable bonds is 3. The van der Waals surface area contributed by atoms with Gasteiger partial charge in [0.05, 0.1) is 5.69 Å². The van der Waals surface area contributed by atoms with Crippen LogP contribution in [0.1, 0.15) is 23.6 Å². The van der Waals surface area contributed by atoms with Crippen molar-refractivity contribution in [3.05, 3.63) is 53.1 Å². The van der Waals surface area contributed by atoms with Gasteiger partial charge in [-0.15, -0.1) is 0 Å². The third-order valence-electron chi connectivity index (χ3n) is 4.50. The van der Waals surface area contributed by atoms with E-state index in [1.807, 2.05) is 57.2 Å². The molecule has 1 aliphatic heterocycles. The second kappa shape index (κ2) is 6.59. The van der Waals surface area contributed by atoms with Gasteiger partial charge >= 0.3 is 0 Å². The number of amides is 2. The van der Waals surface area contributed by atoms with E-state index < -0.39 is 6.10 Å². The Kier molecular flexibility index (Phi) is 4.49. The number of carbonyl (C=O) groups is 2. The summed E-state index contributed by atoms with van der Waals surface area (Å²) in [5, 5.41) is 2.91. The van der Waals surface area contributed by atoms with Gasteiger partial charge in [0.15, 0.2) is 6.10 Å². The molecule has 1 aliphatic rings. The predicted molar refractivity (Wildman–Crippen MR) is 98.2 cm³/mol. The molecule has 0 saturated carbocycles. The molecule has 0 radical (unpaired) electrons. The summed E-state index contributed by atoms with van der Waals surface area (Å²) in [6.45, 7) is 7.55. The first-order valence-electron chi connectivity index (χ1n) is 8.31. The molecule has 0 aliphatic carbocycles. The van der Waals surface area contributed by atoms with Crippen molar-refractivity contribution in [1.29, 1.82) is 0 Å². The lowest BCUT2D eigenvalue weighted by atomic mass is 10.1. The number of hydrogen-bond acceptors (Lipinski definition) is 3. The first-order chi connectivity index (χ1) is 11.9. The SMILES string of the molecule is Cc1ccc2c(c1)N(CC(=O)Nc1cccc(C)c1C)C(=O)C(C)O2. The van der Waals surface area contributed by atoms with E-state index in [1.54, 1.807) is 6.92 Å². The van der Waals surface area contributed by atoms with E-state index in [1.165, 1.54) is 4.90 Å². The van der Waals surface area contributed by atoms with Crippen LogP contribution in [0.4, 0.5) is 11.4 Å². The number of nitrogens with zero attached hydrogens (tertiary/aromatic N) is 1. The second-order valence-corrected chi connectivity index (χ2v) is 6.45. The molecule has 0 aromatic heterocycles. The number of benzene rings is 2. The van der Waals surface area contributed by atoms with Crippen LogP contribution in [-0.4, -0.2) is 24.5 Å². The van der Waals surface area contributed by atoms with Crippen molar-refractivity contribution in [3.8, 4) is 5.75 Å². The fraction of sp³-hybridized carbons (Fsp3) is 0.300. The molecule has 3 rings (SSSR count). The molecule has 25 heavy (non-hydrogen) atoms. The fourth-order valence-electron chi connectivity index (χ4n) is 2.90. The van der Waals surface area contributed by atoms with Crippen LogP contribution in [0.3, 0.4) is 0 Å². The Hall–Kier alpha value is -2.82. The van der Waals surface area contributed by atoms with E-state index in [0.717, 1.165) is 22.4 Å². The number of fused-ring (bicyclic) bond motifs is 1. The first kappa shape index (κ1) is 17.0. The van der Waals surface area contributed by atoms with Crippen molar-refractivity contribution in [3.63, 3.8) is 0 Å². The summed E-state index contributed by atoms with van der Waals surface area (Å²) in [4.78, 5) is 26.6. The minimum absolute atomic E-state index is 0.0453. The van der Waals surface area contributed by atoms with Crippen molar-refractivity contribution in [2.45, 2.75) is 33.8 Å². The van der Waals surface area contributed by atoms with E-state index in [9.17, 15) is 9.59 Å². The monoisotopic (exact) mass is 338 g/mol. The van der Waals surface area contributed by atoms with Gasteiger partial charge in [0.2, 0.25) is 5.91 Å². The fourth-order valence-corrected chi connectivity index (χ4v) is 2.90. The van der Waals surface area contributed by atoms with E-state index in [0.29, 0.717) is 11.4 Å². The molecule has 1 atom stereocenters. The van der Waals surface area contributed by atoms with Crippen molar-refractivity contribution < 1.29 is 14.3 Å². The van der Waals surface area contributed by atoms with Gasteiger partial charge in [-0.05, 0) is 62.6 Å².